The fourth-order valence-electron chi connectivity index (χ4n) is 1.24. The third-order valence-corrected chi connectivity index (χ3v) is 3.60. The smallest absolute Gasteiger partial charge is 0.238 e. The summed E-state index contributed by atoms with van der Waals surface area (Å²) in [7, 11) is -3.66. The zero-order valence-corrected chi connectivity index (χ0v) is 12.0. The van der Waals surface area contributed by atoms with Crippen molar-refractivity contribution in [2.45, 2.75) is 25.7 Å². The maximum absolute atomic E-state index is 11.1. The molecule has 0 spiro atoms. The Labute approximate surface area is 113 Å². The van der Waals surface area contributed by atoms with E-state index in [1.165, 1.54) is 12.1 Å². The molecule has 7 heteroatoms. The highest BCUT2D eigenvalue weighted by atomic mass is 32.2. The van der Waals surface area contributed by atoms with Gasteiger partial charge in [-0.2, -0.15) is 5.10 Å². The van der Waals surface area contributed by atoms with Crippen LogP contribution in [0.5, 0.6) is 0 Å². The molecular formula is C12H18N4O2S. The second kappa shape index (κ2) is 5.85. The number of rotatable bonds is 4. The third-order valence-electron chi connectivity index (χ3n) is 2.67. The summed E-state index contributed by atoms with van der Waals surface area (Å²) in [6, 6.07) is 6.01. The lowest BCUT2D eigenvalue weighted by molar-refractivity contribution is 0.598. The number of primary sulfonamides is 1. The molecule has 0 saturated carbocycles. The number of sulfonamides is 1. The summed E-state index contributed by atoms with van der Waals surface area (Å²) in [6.45, 7) is 5.51. The summed E-state index contributed by atoms with van der Waals surface area (Å²) in [4.78, 5) is 0.0626. The molecule has 0 saturated heterocycles. The van der Waals surface area contributed by atoms with Crippen LogP contribution in [0.2, 0.25) is 0 Å². The van der Waals surface area contributed by atoms with Crippen molar-refractivity contribution >= 4 is 21.4 Å². The quantitative estimate of drug-likeness (QED) is 0.572. The summed E-state index contributed by atoms with van der Waals surface area (Å²) in [6.07, 6.45) is 0. The summed E-state index contributed by atoms with van der Waals surface area (Å²) < 4.78 is 22.2. The Hall–Kier alpha value is -1.86. The van der Waals surface area contributed by atoms with E-state index in [9.17, 15) is 8.42 Å². The summed E-state index contributed by atoms with van der Waals surface area (Å²) in [5, 5.41) is 9.16. The van der Waals surface area contributed by atoms with E-state index in [0.717, 1.165) is 11.3 Å². The number of anilines is 1. The lowest BCUT2D eigenvalue weighted by Crippen LogP contribution is -2.11. The molecule has 0 aliphatic heterocycles. The largest absolute Gasteiger partial charge is 0.402 e. The van der Waals surface area contributed by atoms with Crippen LogP contribution in [0.3, 0.4) is 0 Å². The minimum atomic E-state index is -3.66. The van der Waals surface area contributed by atoms with Crippen LogP contribution in [0.25, 0.3) is 0 Å². The molecule has 0 aliphatic carbocycles. The van der Waals surface area contributed by atoms with Gasteiger partial charge in [-0.15, -0.1) is 0 Å². The minimum Gasteiger partial charge on any atom is -0.402 e. The van der Waals surface area contributed by atoms with Crippen LogP contribution in [0.15, 0.2) is 45.5 Å². The molecule has 1 aromatic rings. The van der Waals surface area contributed by atoms with Gasteiger partial charge in [-0.1, -0.05) is 0 Å². The molecule has 6 nitrogen and oxygen atoms in total. The van der Waals surface area contributed by atoms with Crippen molar-refractivity contribution in [2.24, 2.45) is 16.0 Å². The molecule has 1 rings (SSSR count). The van der Waals surface area contributed by atoms with Crippen molar-refractivity contribution in [3.05, 3.63) is 35.5 Å². The van der Waals surface area contributed by atoms with Gasteiger partial charge in [0.1, 0.15) is 0 Å². The first-order chi connectivity index (χ1) is 8.71. The fraction of sp³-hybridized carbons (Fsp3) is 0.250. The predicted octanol–water partition coefficient (Wildman–Crippen LogP) is 1.37. The van der Waals surface area contributed by atoms with Crippen LogP contribution in [-0.4, -0.2) is 14.1 Å². The monoisotopic (exact) mass is 282 g/mol. The van der Waals surface area contributed by atoms with Crippen molar-refractivity contribution in [3.8, 4) is 0 Å². The van der Waals surface area contributed by atoms with Gasteiger partial charge in [-0.25, -0.2) is 13.6 Å². The van der Waals surface area contributed by atoms with Gasteiger partial charge >= 0.3 is 0 Å². The average molecular weight is 282 g/mol. The number of nitrogens with two attached hydrogens (primary N) is 2. The molecule has 1 aromatic carbocycles. The van der Waals surface area contributed by atoms with E-state index in [1.807, 2.05) is 13.8 Å². The van der Waals surface area contributed by atoms with Gasteiger partial charge in [0.25, 0.3) is 0 Å². The molecule has 0 heterocycles. The Morgan fingerprint density at radius 1 is 1.16 bits per heavy atom. The molecule has 0 aliphatic rings. The van der Waals surface area contributed by atoms with Gasteiger partial charge < -0.3 is 5.73 Å². The Balaban J connectivity index is 2.86. The molecule has 19 heavy (non-hydrogen) atoms. The van der Waals surface area contributed by atoms with E-state index in [-0.39, 0.29) is 4.90 Å². The van der Waals surface area contributed by atoms with E-state index < -0.39 is 10.0 Å². The van der Waals surface area contributed by atoms with Gasteiger partial charge in [0.15, 0.2) is 0 Å². The van der Waals surface area contributed by atoms with Crippen LogP contribution >= 0.6 is 0 Å². The molecular weight excluding hydrogens is 264 g/mol. The summed E-state index contributed by atoms with van der Waals surface area (Å²) >= 11 is 0. The maximum atomic E-state index is 11.1. The van der Waals surface area contributed by atoms with E-state index >= 15 is 0 Å². The number of allylic oxidation sites excluding steroid dienone is 2. The lowest BCUT2D eigenvalue weighted by atomic mass is 10.2. The normalized spacial score (nSPS) is 14.0. The Morgan fingerprint density at radius 3 is 2.11 bits per heavy atom. The molecule has 0 amide bonds. The molecule has 0 fully saturated rings. The van der Waals surface area contributed by atoms with E-state index in [4.69, 9.17) is 10.9 Å². The van der Waals surface area contributed by atoms with Crippen LogP contribution < -0.4 is 16.3 Å². The molecule has 0 aromatic heterocycles. The van der Waals surface area contributed by atoms with Crippen LogP contribution in [-0.2, 0) is 10.0 Å². The highest BCUT2D eigenvalue weighted by molar-refractivity contribution is 7.89. The summed E-state index contributed by atoms with van der Waals surface area (Å²) in [5.41, 5.74) is 11.5. The molecule has 0 unspecified atom stereocenters. The SMILES string of the molecule is CC(=NNc1ccc(S(N)(=O)=O)cc1)C(C)=C(C)N. The predicted molar refractivity (Wildman–Crippen MR) is 77.1 cm³/mol. The fourth-order valence-corrected chi connectivity index (χ4v) is 1.75. The van der Waals surface area contributed by atoms with Crippen molar-refractivity contribution < 1.29 is 8.42 Å². The van der Waals surface area contributed by atoms with Crippen LogP contribution in [0.1, 0.15) is 20.8 Å². The van der Waals surface area contributed by atoms with Gasteiger partial charge in [0.2, 0.25) is 10.0 Å². The zero-order chi connectivity index (χ0) is 14.6. The number of hydrogen-bond donors (Lipinski definition) is 3. The minimum absolute atomic E-state index is 0.0626. The van der Waals surface area contributed by atoms with Gasteiger partial charge in [-0.05, 0) is 50.6 Å². The Bertz CT molecular complexity index is 612. The third kappa shape index (κ3) is 4.38. The number of nitrogens with one attached hydrogen (secondary N) is 1. The summed E-state index contributed by atoms with van der Waals surface area (Å²) in [5.74, 6) is 0. The standard InChI is InChI=1S/C12H18N4O2S/c1-8(9(2)13)10(3)15-16-11-4-6-12(7-5-11)19(14,17)18/h4-7,16H,13H2,1-3H3,(H2,14,17,18). The second-order valence-corrected chi connectivity index (χ2v) is 5.75. The van der Waals surface area contributed by atoms with E-state index in [2.05, 4.69) is 10.5 Å². The number of nitrogens with zero attached hydrogens (tertiary/aromatic N) is 1. The highest BCUT2D eigenvalue weighted by Crippen LogP contribution is 2.13. The van der Waals surface area contributed by atoms with Gasteiger partial charge in [-0.3, -0.25) is 5.43 Å². The molecule has 104 valence electrons. The Kier molecular flexibility index (Phi) is 4.68. The first-order valence-electron chi connectivity index (χ1n) is 5.58. The van der Waals surface area contributed by atoms with E-state index in [1.54, 1.807) is 19.1 Å². The zero-order valence-electron chi connectivity index (χ0n) is 11.1. The molecule has 0 atom stereocenters. The topological polar surface area (TPSA) is 111 Å². The molecule has 0 radical (unpaired) electrons. The molecule has 0 bridgehead atoms. The highest BCUT2D eigenvalue weighted by Gasteiger charge is 2.06. The number of hydrogen-bond acceptors (Lipinski definition) is 5. The van der Waals surface area contributed by atoms with Crippen LogP contribution in [0.4, 0.5) is 5.69 Å². The van der Waals surface area contributed by atoms with Gasteiger partial charge in [0.05, 0.1) is 16.3 Å². The van der Waals surface area contributed by atoms with Crippen molar-refractivity contribution in [1.82, 2.24) is 0 Å². The first-order valence-corrected chi connectivity index (χ1v) is 7.13. The average Bonchev–Trinajstić information content (AvgIpc) is 2.34. The Morgan fingerprint density at radius 2 is 1.68 bits per heavy atom. The second-order valence-electron chi connectivity index (χ2n) is 4.19. The van der Waals surface area contributed by atoms with Crippen LogP contribution in [0, 0.1) is 0 Å². The number of hydrazone groups is 1. The maximum Gasteiger partial charge on any atom is 0.238 e. The van der Waals surface area contributed by atoms with Crippen molar-refractivity contribution in [2.75, 3.05) is 5.43 Å². The van der Waals surface area contributed by atoms with Gasteiger partial charge in [0, 0.05) is 5.70 Å². The van der Waals surface area contributed by atoms with Crippen molar-refractivity contribution in [1.29, 1.82) is 0 Å². The lowest BCUT2D eigenvalue weighted by Gasteiger charge is -2.06. The van der Waals surface area contributed by atoms with E-state index in [0.29, 0.717) is 11.4 Å². The first kappa shape index (κ1) is 15.2. The molecule has 5 N–H and O–H groups in total. The number of benzene rings is 1. The van der Waals surface area contributed by atoms with Crippen molar-refractivity contribution in [3.63, 3.8) is 0 Å².